The first kappa shape index (κ1) is 10.4. The average molecular weight is 302 g/mol. The summed E-state index contributed by atoms with van der Waals surface area (Å²) in [4.78, 5) is 7.11. The first-order valence-electron chi connectivity index (χ1n) is 5.08. The van der Waals surface area contributed by atoms with Crippen molar-refractivity contribution in [2.45, 2.75) is 26.8 Å². The monoisotopic (exact) mass is 302 g/mol. The summed E-state index contributed by atoms with van der Waals surface area (Å²) in [6, 6.07) is 2.30. The van der Waals surface area contributed by atoms with Gasteiger partial charge in [-0.2, -0.15) is 0 Å². The predicted molar refractivity (Wildman–Crippen MR) is 66.3 cm³/mol. The fourth-order valence-corrected chi connectivity index (χ4v) is 2.34. The number of nitrogens with zero attached hydrogens (tertiary/aromatic N) is 2. The van der Waals surface area contributed by atoms with E-state index in [1.807, 2.05) is 0 Å². The Labute approximate surface area is 98.9 Å². The number of halogens is 1. The lowest BCUT2D eigenvalue weighted by Gasteiger charge is -2.27. The second kappa shape index (κ2) is 4.14. The zero-order chi connectivity index (χ0) is 10.1. The molecule has 0 unspecified atom stereocenters. The minimum atomic E-state index is 1.08. The molecular formula is C11H15IN2. The fraction of sp³-hybridized carbons (Fsp3) is 0.545. The number of pyridine rings is 1. The average Bonchev–Trinajstić information content (AvgIpc) is 2.19. The second-order valence-corrected chi connectivity index (χ2v) is 4.84. The predicted octanol–water partition coefficient (Wildman–Crippen LogP) is 2.37. The van der Waals surface area contributed by atoms with E-state index in [-0.39, 0.29) is 0 Å². The van der Waals surface area contributed by atoms with Crippen molar-refractivity contribution in [1.29, 1.82) is 0 Å². The molecule has 1 aliphatic rings. The van der Waals surface area contributed by atoms with Crippen molar-refractivity contribution >= 4 is 22.6 Å². The number of likely N-dealkylation sites (N-methyl/N-ethyl adjacent to an activating group) is 1. The maximum Gasteiger partial charge on any atom is 0.104 e. The van der Waals surface area contributed by atoms with Crippen molar-refractivity contribution < 1.29 is 0 Å². The van der Waals surface area contributed by atoms with Crippen LogP contribution in [0.2, 0.25) is 0 Å². The molecule has 0 N–H and O–H groups in total. The van der Waals surface area contributed by atoms with Gasteiger partial charge in [0.05, 0.1) is 0 Å². The van der Waals surface area contributed by atoms with Crippen LogP contribution >= 0.6 is 22.6 Å². The van der Waals surface area contributed by atoms with E-state index in [2.05, 4.69) is 52.4 Å². The van der Waals surface area contributed by atoms with E-state index < -0.39 is 0 Å². The molecule has 2 nitrogen and oxygen atoms in total. The largest absolute Gasteiger partial charge is 0.299 e. The zero-order valence-corrected chi connectivity index (χ0v) is 10.8. The van der Waals surface area contributed by atoms with E-state index in [4.69, 9.17) is 0 Å². The number of rotatable bonds is 1. The SMILES string of the molecule is CCN1CCc2nc(I)c(C)cc2C1. The van der Waals surface area contributed by atoms with Crippen LogP contribution in [-0.2, 0) is 13.0 Å². The highest BCUT2D eigenvalue weighted by atomic mass is 127. The third-order valence-corrected chi connectivity index (χ3v) is 3.92. The van der Waals surface area contributed by atoms with E-state index in [1.165, 1.54) is 16.8 Å². The zero-order valence-electron chi connectivity index (χ0n) is 8.68. The van der Waals surface area contributed by atoms with Gasteiger partial charge in [-0.3, -0.25) is 4.90 Å². The molecule has 0 amide bonds. The Bertz CT molecular complexity index is 349. The lowest BCUT2D eigenvalue weighted by atomic mass is 10.0. The highest BCUT2D eigenvalue weighted by Crippen LogP contribution is 2.20. The van der Waals surface area contributed by atoms with Gasteiger partial charge in [0.15, 0.2) is 0 Å². The Hall–Kier alpha value is -0.160. The Morgan fingerprint density at radius 2 is 2.36 bits per heavy atom. The van der Waals surface area contributed by atoms with Crippen molar-refractivity contribution in [1.82, 2.24) is 9.88 Å². The third-order valence-electron chi connectivity index (χ3n) is 2.83. The molecule has 1 aromatic heterocycles. The smallest absolute Gasteiger partial charge is 0.104 e. The minimum absolute atomic E-state index is 1.08. The normalized spacial score (nSPS) is 16.8. The maximum atomic E-state index is 4.64. The van der Waals surface area contributed by atoms with E-state index in [0.29, 0.717) is 0 Å². The molecule has 0 saturated heterocycles. The molecule has 2 rings (SSSR count). The van der Waals surface area contributed by atoms with Gasteiger partial charge in [0, 0.05) is 25.2 Å². The number of fused-ring (bicyclic) bond motifs is 1. The molecule has 0 radical (unpaired) electrons. The summed E-state index contributed by atoms with van der Waals surface area (Å²) in [5, 5.41) is 0. The van der Waals surface area contributed by atoms with Crippen molar-refractivity contribution in [3.8, 4) is 0 Å². The number of aromatic nitrogens is 1. The first-order valence-corrected chi connectivity index (χ1v) is 6.16. The standard InChI is InChI=1S/C11H15IN2/c1-3-14-5-4-10-9(7-14)6-8(2)11(12)13-10/h6H,3-5,7H2,1-2H3. The lowest BCUT2D eigenvalue weighted by molar-refractivity contribution is 0.265. The summed E-state index contributed by atoms with van der Waals surface area (Å²) in [7, 11) is 0. The van der Waals surface area contributed by atoms with Gasteiger partial charge >= 0.3 is 0 Å². The van der Waals surface area contributed by atoms with Crippen molar-refractivity contribution in [2.75, 3.05) is 13.1 Å². The van der Waals surface area contributed by atoms with Gasteiger partial charge in [-0.25, -0.2) is 4.98 Å². The summed E-state index contributed by atoms with van der Waals surface area (Å²) in [5.41, 5.74) is 4.04. The molecular weight excluding hydrogens is 287 g/mol. The summed E-state index contributed by atoms with van der Waals surface area (Å²) in [6.07, 6.45) is 1.11. The Kier molecular flexibility index (Phi) is 3.07. The summed E-state index contributed by atoms with van der Waals surface area (Å²) in [6.45, 7) is 7.74. The number of aryl methyl sites for hydroxylation is 1. The van der Waals surface area contributed by atoms with Crippen LogP contribution in [0.1, 0.15) is 23.7 Å². The van der Waals surface area contributed by atoms with Gasteiger partial charge in [0.25, 0.3) is 0 Å². The molecule has 0 aromatic carbocycles. The molecule has 0 saturated carbocycles. The van der Waals surface area contributed by atoms with Gasteiger partial charge in [0.2, 0.25) is 0 Å². The maximum absolute atomic E-state index is 4.64. The Morgan fingerprint density at radius 1 is 1.57 bits per heavy atom. The van der Waals surface area contributed by atoms with Crippen LogP contribution in [0.4, 0.5) is 0 Å². The van der Waals surface area contributed by atoms with Gasteiger partial charge in [-0.1, -0.05) is 13.0 Å². The second-order valence-electron chi connectivity index (χ2n) is 3.82. The van der Waals surface area contributed by atoms with Crippen LogP contribution in [0, 0.1) is 10.6 Å². The van der Waals surface area contributed by atoms with Crippen LogP contribution in [0.25, 0.3) is 0 Å². The van der Waals surface area contributed by atoms with Crippen molar-refractivity contribution in [3.63, 3.8) is 0 Å². The lowest BCUT2D eigenvalue weighted by Crippen LogP contribution is -2.31. The topological polar surface area (TPSA) is 16.1 Å². The number of hydrogen-bond acceptors (Lipinski definition) is 2. The minimum Gasteiger partial charge on any atom is -0.299 e. The molecule has 1 aromatic rings. The molecule has 76 valence electrons. The molecule has 0 aliphatic carbocycles. The van der Waals surface area contributed by atoms with Crippen LogP contribution in [0.3, 0.4) is 0 Å². The van der Waals surface area contributed by atoms with Crippen LogP contribution in [0.5, 0.6) is 0 Å². The van der Waals surface area contributed by atoms with E-state index in [9.17, 15) is 0 Å². The first-order chi connectivity index (χ1) is 6.70. The fourth-order valence-electron chi connectivity index (χ4n) is 1.89. The van der Waals surface area contributed by atoms with Crippen molar-refractivity contribution in [3.05, 3.63) is 26.6 Å². The van der Waals surface area contributed by atoms with E-state index in [1.54, 1.807) is 0 Å². The van der Waals surface area contributed by atoms with Gasteiger partial charge in [0.1, 0.15) is 3.70 Å². The van der Waals surface area contributed by atoms with Gasteiger partial charge < -0.3 is 0 Å². The quantitative estimate of drug-likeness (QED) is 0.585. The van der Waals surface area contributed by atoms with Crippen molar-refractivity contribution in [2.24, 2.45) is 0 Å². The molecule has 3 heteroatoms. The van der Waals surface area contributed by atoms with Crippen LogP contribution in [0.15, 0.2) is 6.07 Å². The Balaban J connectivity index is 2.33. The summed E-state index contributed by atoms with van der Waals surface area (Å²) in [5.74, 6) is 0. The van der Waals surface area contributed by atoms with Gasteiger partial charge in [-0.15, -0.1) is 0 Å². The van der Waals surface area contributed by atoms with E-state index in [0.717, 1.165) is 29.8 Å². The molecule has 0 bridgehead atoms. The molecule has 0 atom stereocenters. The summed E-state index contributed by atoms with van der Waals surface area (Å²) >= 11 is 2.32. The molecule has 2 heterocycles. The van der Waals surface area contributed by atoms with Crippen LogP contribution < -0.4 is 0 Å². The van der Waals surface area contributed by atoms with Crippen LogP contribution in [-0.4, -0.2) is 23.0 Å². The highest BCUT2D eigenvalue weighted by molar-refractivity contribution is 14.1. The highest BCUT2D eigenvalue weighted by Gasteiger charge is 2.16. The molecule has 0 fully saturated rings. The summed E-state index contributed by atoms with van der Waals surface area (Å²) < 4.78 is 1.16. The third kappa shape index (κ3) is 1.93. The molecule has 14 heavy (non-hydrogen) atoms. The van der Waals surface area contributed by atoms with Gasteiger partial charge in [-0.05, 0) is 47.2 Å². The molecule has 0 spiro atoms. The molecule has 1 aliphatic heterocycles. The Morgan fingerprint density at radius 3 is 3.07 bits per heavy atom. The van der Waals surface area contributed by atoms with E-state index >= 15 is 0 Å². The number of hydrogen-bond donors (Lipinski definition) is 0.